The van der Waals surface area contributed by atoms with Crippen molar-refractivity contribution in [1.82, 2.24) is 14.5 Å². The molecule has 1 aromatic carbocycles. The van der Waals surface area contributed by atoms with Crippen LogP contribution >= 0.6 is 10.7 Å². The van der Waals surface area contributed by atoms with Crippen LogP contribution < -0.4 is 0 Å². The lowest BCUT2D eigenvalue weighted by Crippen LogP contribution is -2.35. The Labute approximate surface area is 133 Å². The third-order valence-electron chi connectivity index (χ3n) is 3.70. The van der Waals surface area contributed by atoms with E-state index in [1.54, 1.807) is 0 Å². The van der Waals surface area contributed by atoms with Gasteiger partial charge in [-0.05, 0) is 18.4 Å². The van der Waals surface area contributed by atoms with E-state index in [1.165, 1.54) is 4.31 Å². The van der Waals surface area contributed by atoms with Crippen molar-refractivity contribution < 1.29 is 12.8 Å². The van der Waals surface area contributed by atoms with Crippen LogP contribution in [0.15, 0.2) is 34.7 Å². The van der Waals surface area contributed by atoms with Crippen LogP contribution in [0.2, 0.25) is 0 Å². The molecule has 0 saturated carbocycles. The molecule has 2 aromatic rings. The highest BCUT2D eigenvalue weighted by molar-refractivity contribution is 8.11. The van der Waals surface area contributed by atoms with Gasteiger partial charge in [0.05, 0.1) is 6.42 Å². The Hall–Kier alpha value is -1.44. The van der Waals surface area contributed by atoms with Crippen molar-refractivity contribution in [2.24, 2.45) is 0 Å². The van der Waals surface area contributed by atoms with E-state index < -0.39 is 15.3 Å². The Morgan fingerprint density at radius 2 is 2.00 bits per heavy atom. The molecule has 3 rings (SSSR count). The molecule has 1 saturated heterocycles. The van der Waals surface area contributed by atoms with Crippen LogP contribution in [0.3, 0.4) is 0 Å². The summed E-state index contributed by atoms with van der Waals surface area (Å²) < 4.78 is 30.2. The van der Waals surface area contributed by atoms with Crippen LogP contribution in [-0.2, 0) is 15.7 Å². The van der Waals surface area contributed by atoms with E-state index in [1.807, 2.05) is 30.3 Å². The SMILES string of the molecule is O=S(=O)(Cl)N1CCCC[C@H]1c1nnc(Cc2ccccc2)o1. The Morgan fingerprint density at radius 1 is 1.23 bits per heavy atom. The Balaban J connectivity index is 1.80. The number of aromatic nitrogens is 2. The van der Waals surface area contributed by atoms with Gasteiger partial charge in [0.2, 0.25) is 11.8 Å². The molecular weight excluding hydrogens is 326 g/mol. The molecular formula is C14H16ClN3O3S. The normalized spacial score (nSPS) is 20.1. The van der Waals surface area contributed by atoms with Crippen LogP contribution in [0.4, 0.5) is 0 Å². The number of nitrogens with zero attached hydrogens (tertiary/aromatic N) is 3. The molecule has 1 fully saturated rings. The minimum Gasteiger partial charge on any atom is -0.423 e. The van der Waals surface area contributed by atoms with Crippen molar-refractivity contribution in [1.29, 1.82) is 0 Å². The molecule has 0 amide bonds. The summed E-state index contributed by atoms with van der Waals surface area (Å²) >= 11 is 0. The third kappa shape index (κ3) is 3.48. The number of hydrogen-bond acceptors (Lipinski definition) is 5. The predicted octanol–water partition coefficient (Wildman–Crippen LogP) is 2.67. The number of piperidine rings is 1. The van der Waals surface area contributed by atoms with E-state index in [9.17, 15) is 8.42 Å². The molecule has 118 valence electrons. The molecule has 0 N–H and O–H groups in total. The van der Waals surface area contributed by atoms with Gasteiger partial charge in [-0.3, -0.25) is 0 Å². The second-order valence-electron chi connectivity index (χ2n) is 5.26. The molecule has 1 aliphatic rings. The van der Waals surface area contributed by atoms with Gasteiger partial charge in [0.25, 0.3) is 0 Å². The second kappa shape index (κ2) is 6.36. The average Bonchev–Trinajstić information content (AvgIpc) is 2.96. The minimum atomic E-state index is -3.80. The third-order valence-corrected chi connectivity index (χ3v) is 5.23. The maximum absolute atomic E-state index is 11.7. The van der Waals surface area contributed by atoms with Gasteiger partial charge in [0, 0.05) is 17.2 Å². The van der Waals surface area contributed by atoms with Crippen molar-refractivity contribution in [2.75, 3.05) is 6.54 Å². The number of benzene rings is 1. The van der Waals surface area contributed by atoms with Gasteiger partial charge in [-0.1, -0.05) is 36.8 Å². The highest BCUT2D eigenvalue weighted by Crippen LogP contribution is 2.33. The summed E-state index contributed by atoms with van der Waals surface area (Å²) in [6, 6.07) is 9.30. The van der Waals surface area contributed by atoms with E-state index >= 15 is 0 Å². The smallest absolute Gasteiger partial charge is 0.300 e. The summed E-state index contributed by atoms with van der Waals surface area (Å²) in [5.41, 5.74) is 1.06. The fourth-order valence-electron chi connectivity index (χ4n) is 2.66. The van der Waals surface area contributed by atoms with E-state index in [2.05, 4.69) is 10.2 Å². The van der Waals surface area contributed by atoms with Gasteiger partial charge >= 0.3 is 9.24 Å². The molecule has 0 bridgehead atoms. The molecule has 0 radical (unpaired) electrons. The molecule has 6 nitrogen and oxygen atoms in total. The van der Waals surface area contributed by atoms with Crippen molar-refractivity contribution >= 4 is 19.9 Å². The summed E-state index contributed by atoms with van der Waals surface area (Å²) in [4.78, 5) is 0. The van der Waals surface area contributed by atoms with E-state index in [0.29, 0.717) is 31.2 Å². The summed E-state index contributed by atoms with van der Waals surface area (Å²) in [7, 11) is 1.71. The van der Waals surface area contributed by atoms with Gasteiger partial charge < -0.3 is 4.42 Å². The molecule has 1 aliphatic heterocycles. The molecule has 2 heterocycles. The van der Waals surface area contributed by atoms with Crippen LogP contribution in [0.25, 0.3) is 0 Å². The highest BCUT2D eigenvalue weighted by Gasteiger charge is 2.35. The van der Waals surface area contributed by atoms with Crippen LogP contribution in [0, 0.1) is 0 Å². The van der Waals surface area contributed by atoms with Gasteiger partial charge in [0.15, 0.2) is 0 Å². The molecule has 1 atom stereocenters. The Morgan fingerprint density at radius 3 is 2.73 bits per heavy atom. The zero-order valence-electron chi connectivity index (χ0n) is 11.9. The lowest BCUT2D eigenvalue weighted by atomic mass is 10.1. The van der Waals surface area contributed by atoms with Crippen molar-refractivity contribution in [3.8, 4) is 0 Å². The molecule has 0 spiro atoms. The minimum absolute atomic E-state index is 0.315. The summed E-state index contributed by atoms with van der Waals surface area (Å²) in [6.07, 6.45) is 2.85. The first-order valence-electron chi connectivity index (χ1n) is 7.11. The topological polar surface area (TPSA) is 76.3 Å². The molecule has 0 unspecified atom stereocenters. The van der Waals surface area contributed by atoms with Crippen LogP contribution in [0.5, 0.6) is 0 Å². The van der Waals surface area contributed by atoms with Gasteiger partial charge in [-0.25, -0.2) is 0 Å². The number of rotatable bonds is 4. The van der Waals surface area contributed by atoms with Crippen LogP contribution in [-0.4, -0.2) is 29.5 Å². The van der Waals surface area contributed by atoms with E-state index in [4.69, 9.17) is 15.1 Å². The molecule has 8 heteroatoms. The predicted molar refractivity (Wildman–Crippen MR) is 81.6 cm³/mol. The maximum Gasteiger partial charge on any atom is 0.300 e. The first kappa shape index (κ1) is 15.5. The summed E-state index contributed by atoms with van der Waals surface area (Å²) in [5, 5.41) is 8.04. The van der Waals surface area contributed by atoms with Gasteiger partial charge in [0.1, 0.15) is 6.04 Å². The lowest BCUT2D eigenvalue weighted by Gasteiger charge is -2.29. The molecule has 0 aliphatic carbocycles. The van der Waals surface area contributed by atoms with E-state index in [-0.39, 0.29) is 0 Å². The maximum atomic E-state index is 11.7. The average molecular weight is 342 g/mol. The number of hydrogen-bond donors (Lipinski definition) is 0. The fraction of sp³-hybridized carbons (Fsp3) is 0.429. The van der Waals surface area contributed by atoms with Crippen molar-refractivity contribution in [3.63, 3.8) is 0 Å². The van der Waals surface area contributed by atoms with Crippen molar-refractivity contribution in [3.05, 3.63) is 47.7 Å². The highest BCUT2D eigenvalue weighted by atomic mass is 35.7. The van der Waals surface area contributed by atoms with E-state index in [0.717, 1.165) is 18.4 Å². The monoisotopic (exact) mass is 341 g/mol. The van der Waals surface area contributed by atoms with Crippen LogP contribution in [0.1, 0.15) is 42.6 Å². The van der Waals surface area contributed by atoms with Gasteiger partial charge in [-0.2, -0.15) is 12.7 Å². The quantitative estimate of drug-likeness (QED) is 0.799. The zero-order valence-corrected chi connectivity index (χ0v) is 13.4. The Kier molecular flexibility index (Phi) is 4.46. The lowest BCUT2D eigenvalue weighted by molar-refractivity contribution is 0.220. The molecule has 22 heavy (non-hydrogen) atoms. The summed E-state index contributed by atoms with van der Waals surface area (Å²) in [5.74, 6) is 0.786. The largest absolute Gasteiger partial charge is 0.423 e. The first-order valence-corrected chi connectivity index (χ1v) is 9.38. The zero-order chi connectivity index (χ0) is 15.6. The number of halogens is 1. The summed E-state index contributed by atoms with van der Waals surface area (Å²) in [6.45, 7) is 0.382. The molecule has 1 aromatic heterocycles. The van der Waals surface area contributed by atoms with Crippen molar-refractivity contribution in [2.45, 2.75) is 31.7 Å². The first-order chi connectivity index (χ1) is 10.5. The second-order valence-corrected chi connectivity index (χ2v) is 7.72. The van der Waals surface area contributed by atoms with Gasteiger partial charge in [-0.15, -0.1) is 10.2 Å². The standard InChI is InChI=1S/C14H16ClN3O3S/c15-22(19,20)18-9-5-4-8-12(18)14-17-16-13(21-14)10-11-6-2-1-3-7-11/h1-3,6-7,12H,4-5,8-10H2/t12-/m0/s1. The fourth-order valence-corrected chi connectivity index (χ4v) is 4.00. The Bertz CT molecular complexity index is 733.